The number of nitrogens with zero attached hydrogens (tertiary/aromatic N) is 1. The topological polar surface area (TPSA) is 58.4 Å². The minimum absolute atomic E-state index is 0.446. The van der Waals surface area contributed by atoms with Crippen LogP contribution in [0.25, 0.3) is 0 Å². The van der Waals surface area contributed by atoms with Crippen molar-refractivity contribution in [1.82, 2.24) is 5.32 Å². The maximum Gasteiger partial charge on any atom is 0.250 e. The number of amides is 1. The van der Waals surface area contributed by atoms with Crippen LogP contribution in [0.2, 0.25) is 5.02 Å². The maximum absolute atomic E-state index is 11.4. The van der Waals surface area contributed by atoms with Gasteiger partial charge in [-0.25, -0.2) is 0 Å². The molecule has 0 saturated carbocycles. The lowest BCUT2D eigenvalue weighted by Crippen LogP contribution is -2.36. The van der Waals surface area contributed by atoms with Crippen LogP contribution >= 0.6 is 11.6 Å². The maximum atomic E-state index is 11.4. The van der Waals surface area contributed by atoms with E-state index in [1.165, 1.54) is 12.8 Å². The fourth-order valence-electron chi connectivity index (χ4n) is 2.38. The van der Waals surface area contributed by atoms with Crippen molar-refractivity contribution in [3.8, 4) is 0 Å². The molecule has 2 rings (SSSR count). The molecule has 4 nitrogen and oxygen atoms in total. The van der Waals surface area contributed by atoms with Crippen LogP contribution in [0.15, 0.2) is 18.2 Å². The Labute approximate surface area is 112 Å². The molecule has 0 bridgehead atoms. The van der Waals surface area contributed by atoms with Crippen LogP contribution in [-0.4, -0.2) is 32.1 Å². The smallest absolute Gasteiger partial charge is 0.250 e. The summed E-state index contributed by atoms with van der Waals surface area (Å²) in [6.45, 7) is 1.93. The molecule has 98 valence electrons. The number of halogens is 1. The van der Waals surface area contributed by atoms with Gasteiger partial charge in [0.15, 0.2) is 0 Å². The number of primary amides is 1. The molecule has 0 aliphatic carbocycles. The Balaban J connectivity index is 2.17. The Morgan fingerprint density at radius 1 is 1.61 bits per heavy atom. The standard InChI is InChI=1S/C13H18ClN3O/c1-17(8-10-3-2-6-16-10)12-5-4-9(14)7-11(12)13(15)18/h4-5,7,10,16H,2-3,6,8H2,1H3,(H2,15,18). The minimum Gasteiger partial charge on any atom is -0.372 e. The highest BCUT2D eigenvalue weighted by Gasteiger charge is 2.19. The van der Waals surface area contributed by atoms with Crippen molar-refractivity contribution in [3.63, 3.8) is 0 Å². The first-order valence-electron chi connectivity index (χ1n) is 6.12. The number of nitrogens with one attached hydrogen (secondary N) is 1. The minimum atomic E-state index is -0.446. The zero-order chi connectivity index (χ0) is 13.1. The lowest BCUT2D eigenvalue weighted by Gasteiger charge is -2.25. The number of carbonyl (C=O) groups is 1. The van der Waals surface area contributed by atoms with Gasteiger partial charge in [-0.2, -0.15) is 0 Å². The predicted octanol–water partition coefficient (Wildman–Crippen LogP) is 1.63. The van der Waals surface area contributed by atoms with Crippen molar-refractivity contribution < 1.29 is 4.79 Å². The molecule has 1 atom stereocenters. The van der Waals surface area contributed by atoms with Crippen molar-refractivity contribution >= 4 is 23.2 Å². The van der Waals surface area contributed by atoms with Gasteiger partial charge in [-0.3, -0.25) is 4.79 Å². The number of benzene rings is 1. The normalized spacial score (nSPS) is 18.9. The van der Waals surface area contributed by atoms with E-state index in [9.17, 15) is 4.79 Å². The third kappa shape index (κ3) is 2.94. The second-order valence-electron chi connectivity index (χ2n) is 4.70. The number of anilines is 1. The van der Waals surface area contributed by atoms with Crippen LogP contribution in [0.4, 0.5) is 5.69 Å². The van der Waals surface area contributed by atoms with E-state index >= 15 is 0 Å². The fraction of sp³-hybridized carbons (Fsp3) is 0.462. The van der Waals surface area contributed by atoms with E-state index in [4.69, 9.17) is 17.3 Å². The molecule has 1 unspecified atom stereocenters. The lowest BCUT2D eigenvalue weighted by molar-refractivity contribution is 0.100. The molecule has 1 fully saturated rings. The van der Waals surface area contributed by atoms with Gasteiger partial charge in [0.05, 0.1) is 5.56 Å². The van der Waals surface area contributed by atoms with Crippen LogP contribution in [0.3, 0.4) is 0 Å². The molecule has 5 heteroatoms. The molecule has 0 radical (unpaired) electrons. The van der Waals surface area contributed by atoms with Gasteiger partial charge in [0.2, 0.25) is 0 Å². The first-order chi connectivity index (χ1) is 8.58. The van der Waals surface area contributed by atoms with Gasteiger partial charge in [0, 0.05) is 30.3 Å². The average Bonchev–Trinajstić information content (AvgIpc) is 2.81. The summed E-state index contributed by atoms with van der Waals surface area (Å²) in [5, 5.41) is 3.96. The van der Waals surface area contributed by atoms with Crippen LogP contribution in [0.5, 0.6) is 0 Å². The number of hydrogen-bond acceptors (Lipinski definition) is 3. The zero-order valence-electron chi connectivity index (χ0n) is 10.4. The Kier molecular flexibility index (Phi) is 4.09. The zero-order valence-corrected chi connectivity index (χ0v) is 11.2. The van der Waals surface area contributed by atoms with Crippen molar-refractivity contribution in [2.45, 2.75) is 18.9 Å². The Morgan fingerprint density at radius 3 is 3.00 bits per heavy atom. The summed E-state index contributed by atoms with van der Waals surface area (Å²) < 4.78 is 0. The molecule has 1 heterocycles. The van der Waals surface area contributed by atoms with Gasteiger partial charge in [-0.05, 0) is 37.6 Å². The largest absolute Gasteiger partial charge is 0.372 e. The summed E-state index contributed by atoms with van der Waals surface area (Å²) in [5.74, 6) is -0.446. The SMILES string of the molecule is CN(CC1CCCN1)c1ccc(Cl)cc1C(N)=O. The average molecular weight is 268 g/mol. The molecule has 1 aromatic carbocycles. The summed E-state index contributed by atoms with van der Waals surface area (Å²) in [4.78, 5) is 13.5. The van der Waals surface area contributed by atoms with Crippen LogP contribution in [0.1, 0.15) is 23.2 Å². The van der Waals surface area contributed by atoms with Gasteiger partial charge in [-0.15, -0.1) is 0 Å². The van der Waals surface area contributed by atoms with E-state index in [-0.39, 0.29) is 0 Å². The van der Waals surface area contributed by atoms with E-state index < -0.39 is 5.91 Å². The van der Waals surface area contributed by atoms with E-state index in [1.54, 1.807) is 12.1 Å². The van der Waals surface area contributed by atoms with Crippen LogP contribution in [-0.2, 0) is 0 Å². The first-order valence-corrected chi connectivity index (χ1v) is 6.49. The highest BCUT2D eigenvalue weighted by Crippen LogP contribution is 2.24. The monoisotopic (exact) mass is 267 g/mol. The molecule has 3 N–H and O–H groups in total. The molecular formula is C13H18ClN3O. The molecular weight excluding hydrogens is 250 g/mol. The first kappa shape index (κ1) is 13.2. The predicted molar refractivity (Wildman–Crippen MR) is 74.3 cm³/mol. The Morgan fingerprint density at radius 2 is 2.39 bits per heavy atom. The third-order valence-corrected chi connectivity index (χ3v) is 3.53. The summed E-state index contributed by atoms with van der Waals surface area (Å²) >= 11 is 5.90. The lowest BCUT2D eigenvalue weighted by atomic mass is 10.1. The fourth-order valence-corrected chi connectivity index (χ4v) is 2.55. The van der Waals surface area contributed by atoms with Crippen LogP contribution in [0, 0.1) is 0 Å². The highest BCUT2D eigenvalue weighted by atomic mass is 35.5. The molecule has 1 aromatic rings. The summed E-state index contributed by atoms with van der Waals surface area (Å²) in [7, 11) is 1.97. The second kappa shape index (κ2) is 5.59. The van der Waals surface area contributed by atoms with Gasteiger partial charge in [0.1, 0.15) is 0 Å². The Bertz CT molecular complexity index is 444. The number of hydrogen-bond donors (Lipinski definition) is 2. The van der Waals surface area contributed by atoms with Crippen molar-refractivity contribution in [3.05, 3.63) is 28.8 Å². The summed E-state index contributed by atoms with van der Waals surface area (Å²) in [6, 6.07) is 5.73. The van der Waals surface area contributed by atoms with Crippen molar-refractivity contribution in [2.24, 2.45) is 5.73 Å². The Hall–Kier alpha value is -1.26. The molecule has 1 aliphatic rings. The van der Waals surface area contributed by atoms with Gasteiger partial charge >= 0.3 is 0 Å². The molecule has 0 aromatic heterocycles. The van der Waals surface area contributed by atoms with E-state index in [2.05, 4.69) is 10.2 Å². The van der Waals surface area contributed by atoms with Gasteiger partial charge in [-0.1, -0.05) is 11.6 Å². The molecule has 0 spiro atoms. The molecule has 18 heavy (non-hydrogen) atoms. The van der Waals surface area contributed by atoms with Gasteiger partial charge in [0.25, 0.3) is 5.91 Å². The molecule has 1 amide bonds. The summed E-state index contributed by atoms with van der Waals surface area (Å²) in [5.41, 5.74) is 6.70. The van der Waals surface area contributed by atoms with Crippen LogP contribution < -0.4 is 16.0 Å². The summed E-state index contributed by atoms with van der Waals surface area (Å²) in [6.07, 6.45) is 2.38. The second-order valence-corrected chi connectivity index (χ2v) is 5.14. The number of carbonyl (C=O) groups excluding carboxylic acids is 1. The van der Waals surface area contributed by atoms with E-state index in [0.29, 0.717) is 16.6 Å². The quantitative estimate of drug-likeness (QED) is 0.872. The number of rotatable bonds is 4. The van der Waals surface area contributed by atoms with Crippen molar-refractivity contribution in [1.29, 1.82) is 0 Å². The van der Waals surface area contributed by atoms with E-state index in [1.807, 2.05) is 13.1 Å². The molecule has 1 aliphatic heterocycles. The van der Waals surface area contributed by atoms with Crippen molar-refractivity contribution in [2.75, 3.05) is 25.0 Å². The van der Waals surface area contributed by atoms with Gasteiger partial charge < -0.3 is 16.0 Å². The highest BCUT2D eigenvalue weighted by molar-refractivity contribution is 6.31. The van der Waals surface area contributed by atoms with E-state index in [0.717, 1.165) is 18.8 Å². The molecule has 1 saturated heterocycles. The third-order valence-electron chi connectivity index (χ3n) is 3.29. The number of nitrogens with two attached hydrogens (primary N) is 1. The number of likely N-dealkylation sites (N-methyl/N-ethyl adjacent to an activating group) is 1.